The number of rotatable bonds is 3. The molecule has 1 heterocycles. The van der Waals surface area contributed by atoms with Gasteiger partial charge in [-0.15, -0.1) is 0 Å². The maximum atomic E-state index is 5.50. The van der Waals surface area contributed by atoms with Crippen molar-refractivity contribution >= 4 is 11.5 Å². The molecule has 2 rings (SSSR count). The number of aryl methyl sites for hydroxylation is 1. The third-order valence-electron chi connectivity index (χ3n) is 2.72. The van der Waals surface area contributed by atoms with Crippen LogP contribution in [0, 0.1) is 6.92 Å². The first-order valence-electron chi connectivity index (χ1n) is 5.52. The highest BCUT2D eigenvalue weighted by Crippen LogP contribution is 2.23. The van der Waals surface area contributed by atoms with Crippen LogP contribution >= 0.6 is 0 Å². The van der Waals surface area contributed by atoms with Crippen LogP contribution in [0.3, 0.4) is 0 Å². The average molecular weight is 228 g/mol. The minimum atomic E-state index is 0.418. The summed E-state index contributed by atoms with van der Waals surface area (Å²) in [6.45, 7) is 2.49. The van der Waals surface area contributed by atoms with Crippen LogP contribution in [-0.2, 0) is 6.54 Å². The zero-order valence-electron chi connectivity index (χ0n) is 10.1. The van der Waals surface area contributed by atoms with Crippen molar-refractivity contribution in [3.05, 3.63) is 47.9 Å². The number of para-hydroxylation sites is 1. The van der Waals surface area contributed by atoms with Crippen LogP contribution in [0.25, 0.3) is 0 Å². The van der Waals surface area contributed by atoms with Gasteiger partial charge in [0, 0.05) is 19.3 Å². The van der Waals surface area contributed by atoms with Crippen LogP contribution in [0.2, 0.25) is 0 Å². The highest BCUT2D eigenvalue weighted by atomic mass is 15.2. The maximum Gasteiger partial charge on any atom is 0.151 e. The highest BCUT2D eigenvalue weighted by molar-refractivity contribution is 5.62. The number of hydrogen-bond donors (Lipinski definition) is 1. The van der Waals surface area contributed by atoms with E-state index in [1.165, 1.54) is 5.56 Å². The fourth-order valence-electron chi connectivity index (χ4n) is 1.69. The minimum Gasteiger partial charge on any atom is -0.328 e. The highest BCUT2D eigenvalue weighted by Gasteiger charge is 2.07. The molecule has 17 heavy (non-hydrogen) atoms. The van der Waals surface area contributed by atoms with Crippen LogP contribution < -0.4 is 10.6 Å². The third kappa shape index (κ3) is 2.42. The third-order valence-corrected chi connectivity index (χ3v) is 2.72. The molecular weight excluding hydrogens is 212 g/mol. The molecule has 0 aliphatic heterocycles. The Kier molecular flexibility index (Phi) is 3.35. The first kappa shape index (κ1) is 11.5. The summed E-state index contributed by atoms with van der Waals surface area (Å²) in [6.07, 6.45) is 3.46. The molecule has 0 aliphatic carbocycles. The predicted molar refractivity (Wildman–Crippen MR) is 69.2 cm³/mol. The van der Waals surface area contributed by atoms with Gasteiger partial charge < -0.3 is 10.6 Å². The lowest BCUT2D eigenvalue weighted by atomic mass is 10.2. The van der Waals surface area contributed by atoms with E-state index in [4.69, 9.17) is 5.73 Å². The van der Waals surface area contributed by atoms with Gasteiger partial charge in [0.2, 0.25) is 0 Å². The molecule has 0 spiro atoms. The van der Waals surface area contributed by atoms with Gasteiger partial charge in [0.15, 0.2) is 5.82 Å². The Hall–Kier alpha value is -1.94. The molecule has 0 bridgehead atoms. The molecule has 0 radical (unpaired) electrons. The van der Waals surface area contributed by atoms with Crippen molar-refractivity contribution in [3.8, 4) is 0 Å². The SMILES string of the molecule is Cc1ccccc1N(C)c1cnc(CN)cn1. The van der Waals surface area contributed by atoms with Crippen molar-refractivity contribution in [2.24, 2.45) is 5.73 Å². The van der Waals surface area contributed by atoms with Gasteiger partial charge in [0.25, 0.3) is 0 Å². The number of nitrogens with zero attached hydrogens (tertiary/aromatic N) is 3. The minimum absolute atomic E-state index is 0.418. The molecule has 4 nitrogen and oxygen atoms in total. The summed E-state index contributed by atoms with van der Waals surface area (Å²) >= 11 is 0. The molecule has 88 valence electrons. The molecule has 1 aromatic heterocycles. The van der Waals surface area contributed by atoms with Crippen molar-refractivity contribution in [2.75, 3.05) is 11.9 Å². The van der Waals surface area contributed by atoms with Gasteiger partial charge >= 0.3 is 0 Å². The summed E-state index contributed by atoms with van der Waals surface area (Å²) in [4.78, 5) is 10.6. The molecule has 0 unspecified atom stereocenters. The normalized spacial score (nSPS) is 10.3. The smallest absolute Gasteiger partial charge is 0.151 e. The molecule has 0 saturated carbocycles. The van der Waals surface area contributed by atoms with E-state index in [-0.39, 0.29) is 0 Å². The van der Waals surface area contributed by atoms with Gasteiger partial charge in [-0.3, -0.25) is 4.98 Å². The monoisotopic (exact) mass is 228 g/mol. The van der Waals surface area contributed by atoms with E-state index >= 15 is 0 Å². The summed E-state index contributed by atoms with van der Waals surface area (Å²) in [7, 11) is 1.98. The Balaban J connectivity index is 2.30. The summed E-state index contributed by atoms with van der Waals surface area (Å²) in [5.41, 5.74) is 8.63. The van der Waals surface area contributed by atoms with E-state index < -0.39 is 0 Å². The topological polar surface area (TPSA) is 55.0 Å². The summed E-state index contributed by atoms with van der Waals surface area (Å²) < 4.78 is 0. The standard InChI is InChI=1S/C13H16N4/c1-10-5-3-4-6-12(10)17(2)13-9-15-11(7-14)8-16-13/h3-6,8-9H,7,14H2,1-2H3. The lowest BCUT2D eigenvalue weighted by molar-refractivity contribution is 0.951. The number of anilines is 2. The summed E-state index contributed by atoms with van der Waals surface area (Å²) in [5.74, 6) is 0.816. The van der Waals surface area contributed by atoms with Crippen molar-refractivity contribution in [1.82, 2.24) is 9.97 Å². The van der Waals surface area contributed by atoms with Crippen molar-refractivity contribution in [2.45, 2.75) is 13.5 Å². The molecule has 0 amide bonds. The van der Waals surface area contributed by atoms with Gasteiger partial charge in [-0.05, 0) is 18.6 Å². The molecule has 0 atom stereocenters. The van der Waals surface area contributed by atoms with Crippen molar-refractivity contribution in [1.29, 1.82) is 0 Å². The van der Waals surface area contributed by atoms with E-state index in [2.05, 4.69) is 29.0 Å². The van der Waals surface area contributed by atoms with E-state index in [0.29, 0.717) is 6.54 Å². The molecule has 0 saturated heterocycles. The van der Waals surface area contributed by atoms with Crippen LogP contribution in [-0.4, -0.2) is 17.0 Å². The van der Waals surface area contributed by atoms with Gasteiger partial charge in [-0.2, -0.15) is 0 Å². The lowest BCUT2D eigenvalue weighted by Crippen LogP contribution is -2.13. The maximum absolute atomic E-state index is 5.50. The Morgan fingerprint density at radius 2 is 1.94 bits per heavy atom. The predicted octanol–water partition coefficient (Wildman–Crippen LogP) is 2.01. The van der Waals surface area contributed by atoms with E-state index in [9.17, 15) is 0 Å². The zero-order chi connectivity index (χ0) is 12.3. The van der Waals surface area contributed by atoms with E-state index in [1.54, 1.807) is 12.4 Å². The molecule has 4 heteroatoms. The molecular formula is C13H16N4. The van der Waals surface area contributed by atoms with Gasteiger partial charge in [-0.25, -0.2) is 4.98 Å². The largest absolute Gasteiger partial charge is 0.328 e. The number of benzene rings is 1. The van der Waals surface area contributed by atoms with Gasteiger partial charge in [0.05, 0.1) is 18.1 Å². The second-order valence-corrected chi connectivity index (χ2v) is 3.92. The molecule has 2 N–H and O–H groups in total. The van der Waals surface area contributed by atoms with Crippen LogP contribution in [0.4, 0.5) is 11.5 Å². The van der Waals surface area contributed by atoms with Crippen LogP contribution in [0.15, 0.2) is 36.7 Å². The van der Waals surface area contributed by atoms with Crippen LogP contribution in [0.1, 0.15) is 11.3 Å². The van der Waals surface area contributed by atoms with Crippen molar-refractivity contribution < 1.29 is 0 Å². The molecule has 2 aromatic rings. The first-order valence-corrected chi connectivity index (χ1v) is 5.52. The van der Waals surface area contributed by atoms with E-state index in [0.717, 1.165) is 17.2 Å². The molecule has 0 aliphatic rings. The first-order chi connectivity index (χ1) is 8.22. The lowest BCUT2D eigenvalue weighted by Gasteiger charge is -2.20. The molecule has 0 fully saturated rings. The second-order valence-electron chi connectivity index (χ2n) is 3.92. The summed E-state index contributed by atoms with van der Waals surface area (Å²) in [6, 6.07) is 8.18. The summed E-state index contributed by atoms with van der Waals surface area (Å²) in [5, 5.41) is 0. The zero-order valence-corrected chi connectivity index (χ0v) is 10.1. The van der Waals surface area contributed by atoms with Crippen molar-refractivity contribution in [3.63, 3.8) is 0 Å². The Bertz CT molecular complexity index is 493. The quantitative estimate of drug-likeness (QED) is 0.873. The number of aromatic nitrogens is 2. The fraction of sp³-hybridized carbons (Fsp3) is 0.231. The van der Waals surface area contributed by atoms with Gasteiger partial charge in [0.1, 0.15) is 0 Å². The van der Waals surface area contributed by atoms with Gasteiger partial charge in [-0.1, -0.05) is 18.2 Å². The molecule has 1 aromatic carbocycles. The number of hydrogen-bond acceptors (Lipinski definition) is 4. The van der Waals surface area contributed by atoms with Crippen LogP contribution in [0.5, 0.6) is 0 Å². The van der Waals surface area contributed by atoms with E-state index in [1.807, 2.05) is 24.1 Å². The fourth-order valence-corrected chi connectivity index (χ4v) is 1.69. The second kappa shape index (κ2) is 4.93. The Labute approximate surface area is 101 Å². The Morgan fingerprint density at radius 1 is 1.18 bits per heavy atom. The average Bonchev–Trinajstić information content (AvgIpc) is 2.39. The Morgan fingerprint density at radius 3 is 2.53 bits per heavy atom. The number of nitrogens with two attached hydrogens (primary N) is 1.